The van der Waals surface area contributed by atoms with E-state index in [1.807, 2.05) is 11.4 Å². The Morgan fingerprint density at radius 2 is 2.26 bits per heavy atom. The zero-order valence-electron chi connectivity index (χ0n) is 12.6. The van der Waals surface area contributed by atoms with E-state index in [1.54, 1.807) is 11.3 Å². The van der Waals surface area contributed by atoms with Crippen molar-refractivity contribution in [1.29, 1.82) is 0 Å². The smallest absolute Gasteiger partial charge is 0.321 e. The second-order valence-electron chi connectivity index (χ2n) is 5.17. The zero-order chi connectivity index (χ0) is 16.2. The van der Waals surface area contributed by atoms with E-state index in [2.05, 4.69) is 31.5 Å². The molecule has 3 amide bonds. The number of thiophene rings is 1. The summed E-state index contributed by atoms with van der Waals surface area (Å²) >= 11 is 3.01. The summed E-state index contributed by atoms with van der Waals surface area (Å²) in [5.74, 6) is 0.723. The van der Waals surface area contributed by atoms with Gasteiger partial charge in [-0.3, -0.25) is 10.1 Å². The van der Waals surface area contributed by atoms with Gasteiger partial charge in [-0.2, -0.15) is 0 Å². The molecule has 9 heteroatoms. The van der Waals surface area contributed by atoms with E-state index in [-0.39, 0.29) is 11.7 Å². The molecule has 1 fully saturated rings. The van der Waals surface area contributed by atoms with E-state index in [9.17, 15) is 9.59 Å². The van der Waals surface area contributed by atoms with E-state index in [4.69, 9.17) is 0 Å². The molecule has 1 aliphatic rings. The number of nitrogens with one attached hydrogen (secondary N) is 2. The minimum atomic E-state index is -0.502. The Morgan fingerprint density at radius 1 is 1.43 bits per heavy atom. The van der Waals surface area contributed by atoms with Gasteiger partial charge in [0.05, 0.1) is 5.75 Å². The number of carbonyl (C=O) groups is 2. The molecule has 1 saturated carbocycles. The van der Waals surface area contributed by atoms with Crippen LogP contribution in [0.1, 0.15) is 29.6 Å². The average molecular weight is 351 g/mol. The Balaban J connectivity index is 1.66. The second-order valence-corrected chi connectivity index (χ2v) is 7.15. The number of carbonyl (C=O) groups excluding carboxylic acids is 2. The van der Waals surface area contributed by atoms with Crippen LogP contribution in [0.25, 0.3) is 0 Å². The Labute approximate surface area is 141 Å². The molecule has 7 nitrogen and oxygen atoms in total. The summed E-state index contributed by atoms with van der Waals surface area (Å²) in [6.07, 6.45) is 2.99. The molecule has 2 heterocycles. The number of amides is 3. The molecule has 0 saturated heterocycles. The first kappa shape index (κ1) is 16.0. The lowest BCUT2D eigenvalue weighted by Crippen LogP contribution is -2.38. The second kappa shape index (κ2) is 7.14. The van der Waals surface area contributed by atoms with E-state index in [0.717, 1.165) is 30.2 Å². The first-order chi connectivity index (χ1) is 11.2. The molecular weight excluding hydrogens is 334 g/mol. The topological polar surface area (TPSA) is 88.9 Å². The van der Waals surface area contributed by atoms with Gasteiger partial charge in [-0.05, 0) is 24.3 Å². The number of urea groups is 1. The number of nitrogens with zero attached hydrogens (tertiary/aromatic N) is 3. The molecule has 2 aromatic heterocycles. The van der Waals surface area contributed by atoms with Gasteiger partial charge in [-0.25, -0.2) is 4.79 Å². The van der Waals surface area contributed by atoms with Crippen molar-refractivity contribution in [3.05, 3.63) is 28.2 Å². The Kier molecular flexibility index (Phi) is 4.97. The van der Waals surface area contributed by atoms with Crippen molar-refractivity contribution < 1.29 is 9.59 Å². The standard InChI is InChI=1S/C14H17N5O2S2/c1-15-13(21)16-12(20)8-23-14-18-17-11(19(14)9-4-5-9)7-10-3-2-6-22-10/h2-3,6,9H,4-5,7-8H2,1H3,(H2,15,16,20,21). The van der Waals surface area contributed by atoms with Crippen molar-refractivity contribution >= 4 is 35.0 Å². The highest BCUT2D eigenvalue weighted by atomic mass is 32.2. The quantitative estimate of drug-likeness (QED) is 0.775. The maximum absolute atomic E-state index is 11.7. The van der Waals surface area contributed by atoms with Crippen molar-refractivity contribution in [1.82, 2.24) is 25.4 Å². The molecule has 0 aliphatic heterocycles. The minimum absolute atomic E-state index is 0.136. The van der Waals surface area contributed by atoms with Crippen LogP contribution in [0.2, 0.25) is 0 Å². The first-order valence-electron chi connectivity index (χ1n) is 7.28. The summed E-state index contributed by atoms with van der Waals surface area (Å²) in [7, 11) is 1.47. The minimum Gasteiger partial charge on any atom is -0.341 e. The molecule has 122 valence electrons. The van der Waals surface area contributed by atoms with Crippen LogP contribution in [0.4, 0.5) is 4.79 Å². The highest BCUT2D eigenvalue weighted by Crippen LogP contribution is 2.39. The van der Waals surface area contributed by atoms with E-state index in [1.165, 1.54) is 23.7 Å². The van der Waals surface area contributed by atoms with Gasteiger partial charge in [0.2, 0.25) is 5.91 Å². The molecule has 3 rings (SSSR count). The van der Waals surface area contributed by atoms with Gasteiger partial charge in [-0.1, -0.05) is 17.8 Å². The molecular formula is C14H17N5O2S2. The molecule has 0 radical (unpaired) electrons. The van der Waals surface area contributed by atoms with E-state index < -0.39 is 6.03 Å². The van der Waals surface area contributed by atoms with Crippen LogP contribution in [-0.2, 0) is 11.2 Å². The molecule has 0 atom stereocenters. The third-order valence-electron chi connectivity index (χ3n) is 3.37. The predicted octanol–water partition coefficient (Wildman–Crippen LogP) is 1.81. The third-order valence-corrected chi connectivity index (χ3v) is 5.19. The maximum atomic E-state index is 11.7. The molecule has 2 aromatic rings. The number of thioether (sulfide) groups is 1. The van der Waals surface area contributed by atoms with Crippen LogP contribution in [0, 0.1) is 0 Å². The molecule has 23 heavy (non-hydrogen) atoms. The largest absolute Gasteiger partial charge is 0.341 e. The summed E-state index contributed by atoms with van der Waals surface area (Å²) < 4.78 is 2.14. The lowest BCUT2D eigenvalue weighted by molar-refractivity contribution is -0.117. The van der Waals surface area contributed by atoms with Crippen LogP contribution in [0.5, 0.6) is 0 Å². The first-order valence-corrected chi connectivity index (χ1v) is 9.14. The van der Waals surface area contributed by atoms with E-state index >= 15 is 0 Å². The SMILES string of the molecule is CNC(=O)NC(=O)CSc1nnc(Cc2cccs2)n1C1CC1. The van der Waals surface area contributed by atoms with Gasteiger partial charge in [-0.15, -0.1) is 21.5 Å². The van der Waals surface area contributed by atoms with Crippen LogP contribution < -0.4 is 10.6 Å². The Hall–Kier alpha value is -1.87. The van der Waals surface area contributed by atoms with Gasteiger partial charge in [0.1, 0.15) is 5.82 Å². The Bertz CT molecular complexity index is 694. The number of imide groups is 1. The highest BCUT2D eigenvalue weighted by molar-refractivity contribution is 7.99. The van der Waals surface area contributed by atoms with Crippen molar-refractivity contribution in [2.24, 2.45) is 0 Å². The zero-order valence-corrected chi connectivity index (χ0v) is 14.2. The average Bonchev–Trinajstić information content (AvgIpc) is 3.09. The molecule has 2 N–H and O–H groups in total. The van der Waals surface area contributed by atoms with Crippen LogP contribution >= 0.6 is 23.1 Å². The normalized spacial score (nSPS) is 13.8. The monoisotopic (exact) mass is 351 g/mol. The van der Waals surface area contributed by atoms with Gasteiger partial charge in [0.25, 0.3) is 0 Å². The van der Waals surface area contributed by atoms with Gasteiger partial charge in [0.15, 0.2) is 5.16 Å². The number of aromatic nitrogens is 3. The number of hydrogen-bond acceptors (Lipinski definition) is 6. The summed E-state index contributed by atoms with van der Waals surface area (Å²) in [5, 5.41) is 15.9. The summed E-state index contributed by atoms with van der Waals surface area (Å²) in [5.41, 5.74) is 0. The van der Waals surface area contributed by atoms with Gasteiger partial charge >= 0.3 is 6.03 Å². The van der Waals surface area contributed by atoms with Crippen molar-refractivity contribution in [3.8, 4) is 0 Å². The number of hydrogen-bond donors (Lipinski definition) is 2. The summed E-state index contributed by atoms with van der Waals surface area (Å²) in [6, 6.07) is 4.04. The summed E-state index contributed by atoms with van der Waals surface area (Å²) in [4.78, 5) is 24.1. The van der Waals surface area contributed by atoms with Gasteiger partial charge < -0.3 is 9.88 Å². The lowest BCUT2D eigenvalue weighted by Gasteiger charge is -2.08. The van der Waals surface area contributed by atoms with Crippen molar-refractivity contribution in [2.75, 3.05) is 12.8 Å². The highest BCUT2D eigenvalue weighted by Gasteiger charge is 2.30. The molecule has 0 spiro atoms. The van der Waals surface area contributed by atoms with Crippen LogP contribution in [-0.4, -0.2) is 39.5 Å². The van der Waals surface area contributed by atoms with E-state index in [0.29, 0.717) is 6.04 Å². The fourth-order valence-electron chi connectivity index (χ4n) is 2.15. The molecule has 0 bridgehead atoms. The van der Waals surface area contributed by atoms with Crippen LogP contribution in [0.15, 0.2) is 22.7 Å². The maximum Gasteiger partial charge on any atom is 0.321 e. The fourth-order valence-corrected chi connectivity index (χ4v) is 3.68. The van der Waals surface area contributed by atoms with Crippen molar-refractivity contribution in [3.63, 3.8) is 0 Å². The predicted molar refractivity (Wildman–Crippen MR) is 88.7 cm³/mol. The fraction of sp³-hybridized carbons (Fsp3) is 0.429. The third kappa shape index (κ3) is 4.11. The Morgan fingerprint density at radius 3 is 2.91 bits per heavy atom. The van der Waals surface area contributed by atoms with Gasteiger partial charge in [0, 0.05) is 24.4 Å². The molecule has 0 aromatic carbocycles. The lowest BCUT2D eigenvalue weighted by atomic mass is 10.3. The van der Waals surface area contributed by atoms with Crippen LogP contribution in [0.3, 0.4) is 0 Å². The summed E-state index contributed by atoms with van der Waals surface area (Å²) in [6.45, 7) is 0. The molecule has 1 aliphatic carbocycles. The molecule has 0 unspecified atom stereocenters. The number of rotatable bonds is 6. The van der Waals surface area contributed by atoms with Crippen molar-refractivity contribution in [2.45, 2.75) is 30.5 Å².